The Bertz CT molecular complexity index is 1470. The van der Waals surface area contributed by atoms with Gasteiger partial charge in [-0.15, -0.1) is 0 Å². The fourth-order valence-electron chi connectivity index (χ4n) is 4.20. The maximum Gasteiger partial charge on any atom is 0.339 e. The summed E-state index contributed by atoms with van der Waals surface area (Å²) in [6.07, 6.45) is 1.87. The maximum atomic E-state index is 15.1. The molecule has 8 heteroatoms. The van der Waals surface area contributed by atoms with Crippen molar-refractivity contribution in [2.45, 2.75) is 19.3 Å². The van der Waals surface area contributed by atoms with Crippen LogP contribution in [0.15, 0.2) is 84.1 Å². The van der Waals surface area contributed by atoms with E-state index in [2.05, 4.69) is 10.1 Å². The number of nitrogens with zero attached hydrogens (tertiary/aromatic N) is 2. The van der Waals surface area contributed by atoms with Crippen molar-refractivity contribution < 1.29 is 19.1 Å². The van der Waals surface area contributed by atoms with Crippen LogP contribution in [-0.2, 0) is 4.74 Å². The van der Waals surface area contributed by atoms with E-state index in [1.807, 2.05) is 37.3 Å². The van der Waals surface area contributed by atoms with E-state index in [1.165, 1.54) is 13.2 Å². The molecule has 0 radical (unpaired) electrons. The van der Waals surface area contributed by atoms with Gasteiger partial charge in [-0.2, -0.15) is 0 Å². The molecule has 0 saturated heterocycles. The van der Waals surface area contributed by atoms with E-state index in [-0.39, 0.29) is 17.0 Å². The number of halogens is 3. The van der Waals surface area contributed by atoms with Crippen LogP contribution in [0, 0.1) is 12.7 Å². The van der Waals surface area contributed by atoms with Crippen molar-refractivity contribution in [3.8, 4) is 11.1 Å². The summed E-state index contributed by atoms with van der Waals surface area (Å²) in [6.45, 7) is 1.84. The quantitative estimate of drug-likeness (QED) is 0.114. The number of oxime groups is 1. The molecule has 4 rings (SSSR count). The van der Waals surface area contributed by atoms with Crippen molar-refractivity contribution in [3.63, 3.8) is 0 Å². The summed E-state index contributed by atoms with van der Waals surface area (Å²) in [5.41, 5.74) is 5.06. The lowest BCUT2D eigenvalue weighted by atomic mass is 9.84. The summed E-state index contributed by atoms with van der Waals surface area (Å²) < 4.78 is 19.8. The van der Waals surface area contributed by atoms with E-state index in [1.54, 1.807) is 42.6 Å². The average molecular weight is 537 g/mol. The second kappa shape index (κ2) is 11.5. The van der Waals surface area contributed by atoms with Crippen LogP contribution in [0.1, 0.15) is 45.1 Å². The lowest BCUT2D eigenvalue weighted by Gasteiger charge is -2.20. The van der Waals surface area contributed by atoms with Crippen LogP contribution in [0.3, 0.4) is 0 Å². The number of pyridine rings is 1. The number of aryl methyl sites for hydroxylation is 1. The van der Waals surface area contributed by atoms with E-state index in [9.17, 15) is 10.0 Å². The number of carbonyl (C=O) groups is 1. The van der Waals surface area contributed by atoms with Gasteiger partial charge in [0.2, 0.25) is 0 Å². The summed E-state index contributed by atoms with van der Waals surface area (Å²) in [5, 5.41) is 13.9. The van der Waals surface area contributed by atoms with Gasteiger partial charge in [0, 0.05) is 34.8 Å². The Morgan fingerprint density at radius 1 is 1.03 bits per heavy atom. The second-order valence-electron chi connectivity index (χ2n) is 8.46. The third kappa shape index (κ3) is 5.98. The van der Waals surface area contributed by atoms with E-state index < -0.39 is 17.7 Å². The molecule has 0 aliphatic rings. The molecule has 0 amide bonds. The smallest absolute Gasteiger partial charge is 0.339 e. The van der Waals surface area contributed by atoms with Gasteiger partial charge in [-0.1, -0.05) is 64.8 Å². The van der Waals surface area contributed by atoms with Gasteiger partial charge in [-0.25, -0.2) is 9.18 Å². The Hall–Kier alpha value is -3.74. The first-order valence-electron chi connectivity index (χ1n) is 11.4. The van der Waals surface area contributed by atoms with Crippen molar-refractivity contribution in [2.75, 3.05) is 7.11 Å². The molecule has 0 fully saturated rings. The monoisotopic (exact) mass is 536 g/mol. The van der Waals surface area contributed by atoms with Crippen LogP contribution in [0.25, 0.3) is 11.1 Å². The van der Waals surface area contributed by atoms with Crippen LogP contribution < -0.4 is 0 Å². The predicted octanol–water partition coefficient (Wildman–Crippen LogP) is 7.69. The summed E-state index contributed by atoms with van der Waals surface area (Å²) in [4.78, 5) is 16.0. The highest BCUT2D eigenvalue weighted by Gasteiger charge is 2.22. The van der Waals surface area contributed by atoms with Crippen molar-refractivity contribution in [2.24, 2.45) is 5.16 Å². The van der Waals surface area contributed by atoms with Crippen LogP contribution in [0.2, 0.25) is 10.0 Å². The van der Waals surface area contributed by atoms with Gasteiger partial charge >= 0.3 is 5.97 Å². The fourth-order valence-corrected chi connectivity index (χ4v) is 4.62. The molecular formula is C29H23Cl2FN2O3. The molecule has 0 aliphatic carbocycles. The van der Waals surface area contributed by atoms with Crippen LogP contribution in [0.4, 0.5) is 4.39 Å². The SMILES string of the molecule is COC(=O)c1ccc(-c2ccc(C(C/C(=N\O)c3ccnc(C)c3)c3ccc(Cl)cc3F)cc2)cc1Cl. The summed E-state index contributed by atoms with van der Waals surface area (Å²) in [7, 11) is 1.30. The lowest BCUT2D eigenvalue weighted by molar-refractivity contribution is 0.0601. The number of methoxy groups -OCH3 is 1. The van der Waals surface area contributed by atoms with Crippen molar-refractivity contribution in [1.29, 1.82) is 0 Å². The molecule has 0 spiro atoms. The Kier molecular flexibility index (Phi) is 8.21. The van der Waals surface area contributed by atoms with Crippen molar-refractivity contribution >= 4 is 34.9 Å². The topological polar surface area (TPSA) is 71.8 Å². The average Bonchev–Trinajstić information content (AvgIpc) is 2.89. The minimum atomic E-state index is -0.509. The second-order valence-corrected chi connectivity index (χ2v) is 9.31. The number of hydrogen-bond donors (Lipinski definition) is 1. The highest BCUT2D eigenvalue weighted by Crippen LogP contribution is 2.34. The van der Waals surface area contributed by atoms with Gasteiger partial charge in [0.15, 0.2) is 0 Å². The van der Waals surface area contributed by atoms with Gasteiger partial charge in [0.25, 0.3) is 0 Å². The molecule has 0 aliphatic heterocycles. The molecule has 0 bridgehead atoms. The Balaban J connectivity index is 1.71. The first-order chi connectivity index (χ1) is 17.8. The highest BCUT2D eigenvalue weighted by atomic mass is 35.5. The molecule has 1 aromatic heterocycles. The summed E-state index contributed by atoms with van der Waals surface area (Å²) in [6, 6.07) is 20.8. The van der Waals surface area contributed by atoms with Crippen molar-refractivity contribution in [1.82, 2.24) is 4.98 Å². The minimum absolute atomic E-state index is 0.234. The zero-order chi connectivity index (χ0) is 26.5. The third-order valence-corrected chi connectivity index (χ3v) is 6.65. The molecule has 5 nitrogen and oxygen atoms in total. The molecule has 0 saturated carbocycles. The Labute approximate surface area is 224 Å². The van der Waals surface area contributed by atoms with Crippen molar-refractivity contribution in [3.05, 3.63) is 123 Å². The van der Waals surface area contributed by atoms with E-state index in [4.69, 9.17) is 27.9 Å². The number of ether oxygens (including phenoxy) is 1. The summed E-state index contributed by atoms with van der Waals surface area (Å²) >= 11 is 12.3. The molecule has 188 valence electrons. The van der Waals surface area contributed by atoms with Crippen LogP contribution >= 0.6 is 23.2 Å². The van der Waals surface area contributed by atoms with E-state index >= 15 is 4.39 Å². The van der Waals surface area contributed by atoms with Crippen LogP contribution in [-0.4, -0.2) is 29.0 Å². The van der Waals surface area contributed by atoms with Gasteiger partial charge in [-0.3, -0.25) is 4.98 Å². The van der Waals surface area contributed by atoms with Gasteiger partial charge in [0.1, 0.15) is 5.82 Å². The standard InChI is InChI=1S/C29H23Cl2FN2O3/c1-17-13-21(11-12-33-17)28(34-36)16-25(23-10-8-22(30)15-27(23)32)19-5-3-18(4-6-19)20-7-9-24(26(31)14-20)29(35)37-2/h3-15,25,36H,16H2,1-2H3/b34-28+. The van der Waals surface area contributed by atoms with Gasteiger partial charge in [-0.05, 0) is 65.6 Å². The summed E-state index contributed by atoms with van der Waals surface area (Å²) in [5.74, 6) is -1.42. The highest BCUT2D eigenvalue weighted by molar-refractivity contribution is 6.33. The largest absolute Gasteiger partial charge is 0.465 e. The van der Waals surface area contributed by atoms with E-state index in [0.717, 1.165) is 22.4 Å². The predicted molar refractivity (Wildman–Crippen MR) is 143 cm³/mol. The third-order valence-electron chi connectivity index (χ3n) is 6.11. The normalized spacial score (nSPS) is 12.3. The fraction of sp³-hybridized carbons (Fsp3) is 0.138. The van der Waals surface area contributed by atoms with Gasteiger partial charge < -0.3 is 9.94 Å². The molecular weight excluding hydrogens is 514 g/mol. The lowest BCUT2D eigenvalue weighted by Crippen LogP contribution is -2.12. The van der Waals surface area contributed by atoms with E-state index in [0.29, 0.717) is 21.9 Å². The number of aromatic nitrogens is 1. The molecule has 1 atom stereocenters. The number of benzene rings is 3. The zero-order valence-electron chi connectivity index (χ0n) is 20.1. The number of esters is 1. The van der Waals surface area contributed by atoms with Gasteiger partial charge in [0.05, 0.1) is 23.4 Å². The molecule has 1 N–H and O–H groups in total. The minimum Gasteiger partial charge on any atom is -0.465 e. The zero-order valence-corrected chi connectivity index (χ0v) is 21.6. The first-order valence-corrected chi connectivity index (χ1v) is 12.1. The Morgan fingerprint density at radius 2 is 1.76 bits per heavy atom. The maximum absolute atomic E-state index is 15.1. The molecule has 1 heterocycles. The number of rotatable bonds is 7. The Morgan fingerprint density at radius 3 is 2.38 bits per heavy atom. The first kappa shape index (κ1) is 26.3. The number of hydrogen-bond acceptors (Lipinski definition) is 5. The molecule has 4 aromatic rings. The number of carbonyl (C=O) groups excluding carboxylic acids is 1. The molecule has 1 unspecified atom stereocenters. The molecule has 37 heavy (non-hydrogen) atoms. The molecule has 3 aromatic carbocycles. The van der Waals surface area contributed by atoms with Crippen LogP contribution in [0.5, 0.6) is 0 Å².